The smallest absolute Gasteiger partial charge is 0.0453 e. The van der Waals surface area contributed by atoms with E-state index >= 15 is 0 Å². The second-order valence-electron chi connectivity index (χ2n) is 4.75. The van der Waals surface area contributed by atoms with E-state index in [4.69, 9.17) is 23.2 Å². The van der Waals surface area contributed by atoms with Gasteiger partial charge in [0, 0.05) is 20.6 Å². The van der Waals surface area contributed by atoms with Crippen molar-refractivity contribution in [2.24, 2.45) is 0 Å². The molecule has 106 valence electrons. The summed E-state index contributed by atoms with van der Waals surface area (Å²) >= 11 is 16.0. The first kappa shape index (κ1) is 15.8. The van der Waals surface area contributed by atoms with E-state index in [0.29, 0.717) is 10.0 Å². The minimum atomic E-state index is 0.181. The molecule has 0 saturated heterocycles. The van der Waals surface area contributed by atoms with Crippen molar-refractivity contribution in [2.75, 3.05) is 7.05 Å². The summed E-state index contributed by atoms with van der Waals surface area (Å²) in [4.78, 5) is 0. The van der Waals surface area contributed by atoms with Gasteiger partial charge in [0.25, 0.3) is 0 Å². The molecule has 4 heteroatoms. The van der Waals surface area contributed by atoms with Crippen LogP contribution in [0.25, 0.3) is 0 Å². The maximum Gasteiger partial charge on any atom is 0.0453 e. The molecule has 0 bridgehead atoms. The Morgan fingerprint density at radius 1 is 1.15 bits per heavy atom. The monoisotopic (exact) mass is 371 g/mol. The molecule has 0 spiro atoms. The largest absolute Gasteiger partial charge is 0.313 e. The van der Waals surface area contributed by atoms with Crippen LogP contribution in [0.2, 0.25) is 10.0 Å². The quantitative estimate of drug-likeness (QED) is 0.739. The molecule has 1 nitrogen and oxygen atoms in total. The summed E-state index contributed by atoms with van der Waals surface area (Å²) < 4.78 is 1.09. The van der Waals surface area contributed by atoms with Gasteiger partial charge in [-0.1, -0.05) is 51.3 Å². The molecule has 2 aromatic carbocycles. The third-order valence-electron chi connectivity index (χ3n) is 3.43. The molecule has 0 fully saturated rings. The molecular weight excluding hydrogens is 357 g/mol. The number of rotatable bonds is 4. The number of nitrogens with one attached hydrogen (secondary N) is 1. The molecule has 0 amide bonds. The van der Waals surface area contributed by atoms with E-state index in [9.17, 15) is 0 Å². The predicted molar refractivity (Wildman–Crippen MR) is 90.8 cm³/mol. The standard InChI is InChI=1S/C16H16BrCl2N/c1-10-8-11(17)6-7-12(10)16(20-2)9-13-14(18)4-3-5-15(13)19/h3-8,16,20H,9H2,1-2H3. The van der Waals surface area contributed by atoms with Gasteiger partial charge in [-0.3, -0.25) is 0 Å². The first-order valence-electron chi connectivity index (χ1n) is 6.39. The van der Waals surface area contributed by atoms with Gasteiger partial charge in [-0.15, -0.1) is 0 Å². The fourth-order valence-corrected chi connectivity index (χ4v) is 3.36. The fraction of sp³-hybridized carbons (Fsp3) is 0.250. The summed E-state index contributed by atoms with van der Waals surface area (Å²) in [7, 11) is 1.96. The van der Waals surface area contributed by atoms with E-state index in [1.165, 1.54) is 11.1 Å². The van der Waals surface area contributed by atoms with Gasteiger partial charge in [-0.25, -0.2) is 0 Å². The summed E-state index contributed by atoms with van der Waals surface area (Å²) in [6.45, 7) is 2.11. The Labute approximate surface area is 138 Å². The molecule has 0 heterocycles. The SMILES string of the molecule is CNC(Cc1c(Cl)cccc1Cl)c1ccc(Br)cc1C. The van der Waals surface area contributed by atoms with Crippen molar-refractivity contribution in [1.82, 2.24) is 5.32 Å². The zero-order valence-corrected chi connectivity index (χ0v) is 14.5. The van der Waals surface area contributed by atoms with Crippen molar-refractivity contribution in [2.45, 2.75) is 19.4 Å². The minimum absolute atomic E-state index is 0.181. The second-order valence-corrected chi connectivity index (χ2v) is 6.48. The van der Waals surface area contributed by atoms with Crippen molar-refractivity contribution in [3.8, 4) is 0 Å². The Hall–Kier alpha value is -0.540. The Kier molecular flexibility index (Phi) is 5.50. The van der Waals surface area contributed by atoms with E-state index in [1.807, 2.05) is 25.2 Å². The summed E-state index contributed by atoms with van der Waals surface area (Å²) in [5.41, 5.74) is 3.48. The topological polar surface area (TPSA) is 12.0 Å². The van der Waals surface area contributed by atoms with Gasteiger partial charge < -0.3 is 5.32 Å². The highest BCUT2D eigenvalue weighted by Crippen LogP contribution is 2.31. The van der Waals surface area contributed by atoms with E-state index in [-0.39, 0.29) is 6.04 Å². The van der Waals surface area contributed by atoms with Gasteiger partial charge in [-0.05, 0) is 61.3 Å². The third-order valence-corrected chi connectivity index (χ3v) is 4.63. The molecule has 20 heavy (non-hydrogen) atoms. The number of likely N-dealkylation sites (N-methyl/N-ethyl adjacent to an activating group) is 1. The number of hydrogen-bond acceptors (Lipinski definition) is 1. The minimum Gasteiger partial charge on any atom is -0.313 e. The molecule has 1 N–H and O–H groups in total. The molecule has 0 saturated carbocycles. The molecule has 0 aliphatic rings. The average molecular weight is 373 g/mol. The van der Waals surface area contributed by atoms with Gasteiger partial charge in [0.05, 0.1) is 0 Å². The first-order chi connectivity index (χ1) is 9.52. The normalized spacial score (nSPS) is 12.4. The van der Waals surface area contributed by atoms with Crippen molar-refractivity contribution in [3.63, 3.8) is 0 Å². The zero-order chi connectivity index (χ0) is 14.7. The van der Waals surface area contributed by atoms with Gasteiger partial charge >= 0.3 is 0 Å². The highest BCUT2D eigenvalue weighted by Gasteiger charge is 2.16. The average Bonchev–Trinajstić information content (AvgIpc) is 2.40. The number of benzene rings is 2. The Balaban J connectivity index is 2.34. The lowest BCUT2D eigenvalue weighted by molar-refractivity contribution is 0.589. The maximum atomic E-state index is 6.26. The number of aryl methyl sites for hydroxylation is 1. The molecular formula is C16H16BrCl2N. The lowest BCUT2D eigenvalue weighted by Crippen LogP contribution is -2.20. The van der Waals surface area contributed by atoms with Crippen molar-refractivity contribution in [1.29, 1.82) is 0 Å². The van der Waals surface area contributed by atoms with Crippen molar-refractivity contribution >= 4 is 39.1 Å². The van der Waals surface area contributed by atoms with Crippen LogP contribution < -0.4 is 5.32 Å². The lowest BCUT2D eigenvalue weighted by atomic mass is 9.95. The first-order valence-corrected chi connectivity index (χ1v) is 7.94. The van der Waals surface area contributed by atoms with Crippen LogP contribution in [-0.2, 0) is 6.42 Å². The highest BCUT2D eigenvalue weighted by atomic mass is 79.9. The Morgan fingerprint density at radius 2 is 1.80 bits per heavy atom. The second kappa shape index (κ2) is 6.95. The van der Waals surface area contributed by atoms with E-state index in [2.05, 4.69) is 46.4 Å². The molecule has 0 aliphatic heterocycles. The van der Waals surface area contributed by atoms with E-state index in [1.54, 1.807) is 0 Å². The zero-order valence-electron chi connectivity index (χ0n) is 11.4. The summed E-state index contributed by atoms with van der Waals surface area (Å²) in [6.07, 6.45) is 0.761. The molecule has 2 rings (SSSR count). The Bertz CT molecular complexity index is 593. The molecule has 0 radical (unpaired) electrons. The lowest BCUT2D eigenvalue weighted by Gasteiger charge is -2.20. The van der Waals surface area contributed by atoms with Crippen LogP contribution in [0.5, 0.6) is 0 Å². The van der Waals surface area contributed by atoms with Crippen LogP contribution >= 0.6 is 39.1 Å². The summed E-state index contributed by atoms with van der Waals surface area (Å²) in [5.74, 6) is 0. The van der Waals surface area contributed by atoms with Crippen LogP contribution in [-0.4, -0.2) is 7.05 Å². The maximum absolute atomic E-state index is 6.26. The molecule has 0 aromatic heterocycles. The highest BCUT2D eigenvalue weighted by molar-refractivity contribution is 9.10. The van der Waals surface area contributed by atoms with Crippen LogP contribution in [0, 0.1) is 6.92 Å². The van der Waals surface area contributed by atoms with Gasteiger partial charge in [-0.2, -0.15) is 0 Å². The van der Waals surface area contributed by atoms with Crippen LogP contribution in [0.4, 0.5) is 0 Å². The molecule has 0 aliphatic carbocycles. The molecule has 2 aromatic rings. The van der Waals surface area contributed by atoms with E-state index in [0.717, 1.165) is 16.5 Å². The van der Waals surface area contributed by atoms with E-state index < -0.39 is 0 Å². The van der Waals surface area contributed by atoms with Crippen LogP contribution in [0.3, 0.4) is 0 Å². The van der Waals surface area contributed by atoms with Gasteiger partial charge in [0.2, 0.25) is 0 Å². The molecule has 1 atom stereocenters. The van der Waals surface area contributed by atoms with Gasteiger partial charge in [0.1, 0.15) is 0 Å². The van der Waals surface area contributed by atoms with Crippen LogP contribution in [0.1, 0.15) is 22.7 Å². The van der Waals surface area contributed by atoms with Crippen LogP contribution in [0.15, 0.2) is 40.9 Å². The fourth-order valence-electron chi connectivity index (χ4n) is 2.33. The summed E-state index contributed by atoms with van der Waals surface area (Å²) in [6, 6.07) is 12.1. The molecule has 1 unspecified atom stereocenters. The predicted octanol–water partition coefficient (Wildman–Crippen LogP) is 5.57. The number of halogens is 3. The third kappa shape index (κ3) is 3.56. The van der Waals surface area contributed by atoms with Gasteiger partial charge in [0.15, 0.2) is 0 Å². The Morgan fingerprint density at radius 3 is 2.35 bits per heavy atom. The summed E-state index contributed by atoms with van der Waals surface area (Å²) in [5, 5.41) is 4.78. The van der Waals surface area contributed by atoms with Crippen molar-refractivity contribution < 1.29 is 0 Å². The number of hydrogen-bond donors (Lipinski definition) is 1. The van der Waals surface area contributed by atoms with Crippen molar-refractivity contribution in [3.05, 3.63) is 67.6 Å².